The van der Waals surface area contributed by atoms with E-state index < -0.39 is 11.9 Å². The number of anilines is 2. The fourth-order valence-electron chi connectivity index (χ4n) is 2.04. The van der Waals surface area contributed by atoms with E-state index in [1.54, 1.807) is 39.3 Å². The molecule has 6 heteroatoms. The molecule has 20 heavy (non-hydrogen) atoms. The molecule has 0 aliphatic heterocycles. The SMILES string of the molecule is CC(Nc1c(F)cc(N)c2cccnc12)C(=O)N(C)C. The average molecular weight is 276 g/mol. The Hall–Kier alpha value is -2.37. The molecule has 0 radical (unpaired) electrons. The molecule has 106 valence electrons. The summed E-state index contributed by atoms with van der Waals surface area (Å²) in [5.41, 5.74) is 6.72. The lowest BCUT2D eigenvalue weighted by atomic mass is 10.1. The van der Waals surface area contributed by atoms with E-state index in [1.165, 1.54) is 11.0 Å². The van der Waals surface area contributed by atoms with Gasteiger partial charge in [0, 0.05) is 31.4 Å². The van der Waals surface area contributed by atoms with Gasteiger partial charge in [0.05, 0.1) is 11.2 Å². The van der Waals surface area contributed by atoms with Crippen LogP contribution < -0.4 is 11.1 Å². The summed E-state index contributed by atoms with van der Waals surface area (Å²) < 4.78 is 14.1. The van der Waals surface area contributed by atoms with Crippen LogP contribution in [-0.4, -0.2) is 35.9 Å². The van der Waals surface area contributed by atoms with E-state index in [4.69, 9.17) is 5.73 Å². The summed E-state index contributed by atoms with van der Waals surface area (Å²) in [5.74, 6) is -0.669. The van der Waals surface area contributed by atoms with Crippen LogP contribution in [0.3, 0.4) is 0 Å². The minimum atomic E-state index is -0.562. The molecular weight excluding hydrogens is 259 g/mol. The Balaban J connectivity index is 2.47. The molecule has 3 N–H and O–H groups in total. The Morgan fingerprint density at radius 3 is 2.85 bits per heavy atom. The van der Waals surface area contributed by atoms with Crippen LogP contribution in [-0.2, 0) is 4.79 Å². The minimum Gasteiger partial charge on any atom is -0.398 e. The number of rotatable bonds is 3. The quantitative estimate of drug-likeness (QED) is 0.839. The monoisotopic (exact) mass is 276 g/mol. The number of nitrogen functional groups attached to an aromatic ring is 1. The van der Waals surface area contributed by atoms with Gasteiger partial charge in [0.1, 0.15) is 6.04 Å². The van der Waals surface area contributed by atoms with Gasteiger partial charge >= 0.3 is 0 Å². The lowest BCUT2D eigenvalue weighted by molar-refractivity contribution is -0.129. The molecule has 1 atom stereocenters. The van der Waals surface area contributed by atoms with Gasteiger partial charge in [0.15, 0.2) is 5.82 Å². The van der Waals surface area contributed by atoms with E-state index in [2.05, 4.69) is 10.3 Å². The second-order valence-corrected chi connectivity index (χ2v) is 4.82. The number of hydrogen-bond donors (Lipinski definition) is 2. The molecule has 1 aromatic heterocycles. The topological polar surface area (TPSA) is 71.2 Å². The summed E-state index contributed by atoms with van der Waals surface area (Å²) in [4.78, 5) is 17.5. The van der Waals surface area contributed by atoms with Crippen molar-refractivity contribution in [1.29, 1.82) is 0 Å². The van der Waals surface area contributed by atoms with Gasteiger partial charge in [0.2, 0.25) is 5.91 Å². The van der Waals surface area contributed by atoms with Crippen molar-refractivity contribution < 1.29 is 9.18 Å². The predicted molar refractivity (Wildman–Crippen MR) is 77.9 cm³/mol. The molecule has 2 rings (SSSR count). The van der Waals surface area contributed by atoms with E-state index in [-0.39, 0.29) is 11.6 Å². The third-order valence-electron chi connectivity index (χ3n) is 3.05. The number of carbonyl (C=O) groups is 1. The standard InChI is InChI=1S/C14H17FN4O/c1-8(14(20)19(2)3)18-13-10(15)7-11(16)9-5-4-6-17-12(9)13/h4-8,18H,16H2,1-3H3. The molecule has 1 unspecified atom stereocenters. The van der Waals surface area contributed by atoms with Crippen LogP contribution in [0.5, 0.6) is 0 Å². The number of nitrogens with zero attached hydrogens (tertiary/aromatic N) is 2. The number of fused-ring (bicyclic) bond motifs is 1. The van der Waals surface area contributed by atoms with Crippen LogP contribution in [0, 0.1) is 5.82 Å². The van der Waals surface area contributed by atoms with Crippen molar-refractivity contribution >= 4 is 28.2 Å². The highest BCUT2D eigenvalue weighted by molar-refractivity contribution is 5.99. The molecule has 0 aliphatic carbocycles. The average Bonchev–Trinajstić information content (AvgIpc) is 2.42. The van der Waals surface area contributed by atoms with Crippen molar-refractivity contribution in [3.05, 3.63) is 30.2 Å². The Bertz CT molecular complexity index is 657. The first-order valence-corrected chi connectivity index (χ1v) is 6.22. The third kappa shape index (κ3) is 2.49. The number of hydrogen-bond acceptors (Lipinski definition) is 4. The van der Waals surface area contributed by atoms with E-state index in [9.17, 15) is 9.18 Å². The summed E-state index contributed by atoms with van der Waals surface area (Å²) >= 11 is 0. The molecule has 1 aromatic carbocycles. The number of carbonyl (C=O) groups excluding carboxylic acids is 1. The molecule has 0 saturated heterocycles. The van der Waals surface area contributed by atoms with Gasteiger partial charge in [-0.15, -0.1) is 0 Å². The molecule has 0 bridgehead atoms. The first kappa shape index (κ1) is 14.0. The first-order chi connectivity index (χ1) is 9.41. The lowest BCUT2D eigenvalue weighted by Crippen LogP contribution is -2.36. The normalized spacial score (nSPS) is 12.2. The van der Waals surface area contributed by atoms with Crippen molar-refractivity contribution in [3.8, 4) is 0 Å². The summed E-state index contributed by atoms with van der Waals surface area (Å²) in [7, 11) is 3.30. The number of pyridine rings is 1. The lowest BCUT2D eigenvalue weighted by Gasteiger charge is -2.20. The molecule has 0 spiro atoms. The zero-order chi connectivity index (χ0) is 14.9. The smallest absolute Gasteiger partial charge is 0.244 e. The van der Waals surface area contributed by atoms with E-state index in [0.29, 0.717) is 16.6 Å². The first-order valence-electron chi connectivity index (χ1n) is 6.22. The summed E-state index contributed by atoms with van der Waals surface area (Å²) in [6.07, 6.45) is 1.56. The Morgan fingerprint density at radius 1 is 1.50 bits per heavy atom. The Labute approximate surface area is 116 Å². The van der Waals surface area contributed by atoms with Crippen LogP contribution in [0.15, 0.2) is 24.4 Å². The maximum atomic E-state index is 14.1. The predicted octanol–water partition coefficient (Wildman–Crippen LogP) is 1.84. The van der Waals surface area contributed by atoms with Crippen LogP contribution in [0.25, 0.3) is 10.9 Å². The summed E-state index contributed by atoms with van der Waals surface area (Å²) in [5, 5.41) is 3.53. The third-order valence-corrected chi connectivity index (χ3v) is 3.05. The largest absolute Gasteiger partial charge is 0.398 e. The summed E-state index contributed by atoms with van der Waals surface area (Å²) in [6.45, 7) is 1.67. The van der Waals surface area contributed by atoms with Gasteiger partial charge in [-0.2, -0.15) is 0 Å². The zero-order valence-corrected chi connectivity index (χ0v) is 11.6. The number of halogens is 1. The van der Waals surface area contributed by atoms with Crippen LogP contribution in [0.4, 0.5) is 15.8 Å². The van der Waals surface area contributed by atoms with E-state index in [0.717, 1.165) is 0 Å². The molecule has 0 fully saturated rings. The molecule has 1 heterocycles. The molecular formula is C14H17FN4O. The van der Waals surface area contributed by atoms with Crippen molar-refractivity contribution in [2.75, 3.05) is 25.1 Å². The highest BCUT2D eigenvalue weighted by Crippen LogP contribution is 2.30. The second kappa shape index (κ2) is 5.32. The highest BCUT2D eigenvalue weighted by Gasteiger charge is 2.19. The van der Waals surface area contributed by atoms with Gasteiger partial charge in [-0.25, -0.2) is 4.39 Å². The summed E-state index contributed by atoms with van der Waals surface area (Å²) in [6, 6.07) is 4.17. The Kier molecular flexibility index (Phi) is 3.74. The van der Waals surface area contributed by atoms with Crippen LogP contribution in [0.1, 0.15) is 6.92 Å². The fourth-order valence-corrected chi connectivity index (χ4v) is 2.04. The second-order valence-electron chi connectivity index (χ2n) is 4.82. The maximum Gasteiger partial charge on any atom is 0.244 e. The molecule has 5 nitrogen and oxygen atoms in total. The fraction of sp³-hybridized carbons (Fsp3) is 0.286. The maximum absolute atomic E-state index is 14.1. The molecule has 0 saturated carbocycles. The zero-order valence-electron chi connectivity index (χ0n) is 11.6. The number of amides is 1. The molecule has 1 amide bonds. The van der Waals surface area contributed by atoms with Crippen LogP contribution in [0.2, 0.25) is 0 Å². The van der Waals surface area contributed by atoms with Gasteiger partial charge in [0.25, 0.3) is 0 Å². The highest BCUT2D eigenvalue weighted by atomic mass is 19.1. The number of nitrogens with two attached hydrogens (primary N) is 1. The van der Waals surface area contributed by atoms with Gasteiger partial charge in [-0.05, 0) is 25.1 Å². The number of aromatic nitrogens is 1. The molecule has 0 aliphatic rings. The van der Waals surface area contributed by atoms with Gasteiger partial charge in [-0.1, -0.05) is 0 Å². The number of nitrogens with one attached hydrogen (secondary N) is 1. The van der Waals surface area contributed by atoms with Crippen molar-refractivity contribution in [2.45, 2.75) is 13.0 Å². The number of likely N-dealkylation sites (N-methyl/N-ethyl adjacent to an activating group) is 1. The van der Waals surface area contributed by atoms with E-state index >= 15 is 0 Å². The van der Waals surface area contributed by atoms with Crippen molar-refractivity contribution in [1.82, 2.24) is 9.88 Å². The molecule has 2 aromatic rings. The van der Waals surface area contributed by atoms with Crippen LogP contribution >= 0.6 is 0 Å². The number of benzene rings is 1. The Morgan fingerprint density at radius 2 is 2.20 bits per heavy atom. The van der Waals surface area contributed by atoms with Gasteiger partial charge < -0.3 is 16.0 Å². The minimum absolute atomic E-state index is 0.148. The van der Waals surface area contributed by atoms with Gasteiger partial charge in [-0.3, -0.25) is 9.78 Å². The van der Waals surface area contributed by atoms with Crippen molar-refractivity contribution in [3.63, 3.8) is 0 Å². The van der Waals surface area contributed by atoms with E-state index in [1.807, 2.05) is 0 Å². The van der Waals surface area contributed by atoms with Crippen molar-refractivity contribution in [2.24, 2.45) is 0 Å².